The molecule has 0 radical (unpaired) electrons. The van der Waals surface area contributed by atoms with Crippen LogP contribution in [-0.2, 0) is 0 Å². The molecule has 1 aliphatic carbocycles. The molecular formula is C17H21N3O2S. The molecular weight excluding hydrogens is 310 g/mol. The van der Waals surface area contributed by atoms with Crippen LogP contribution in [0.1, 0.15) is 70.9 Å². The Morgan fingerprint density at radius 1 is 1.30 bits per heavy atom. The van der Waals surface area contributed by atoms with Crippen molar-refractivity contribution in [2.75, 3.05) is 13.1 Å². The standard InChI is InChI=1S/C17H21N3O2S/c1-11-8-14(23-10-11)17(21)20-7-6-13(9-20)16-18-15(19-22-16)12-4-2-3-5-12/h8,10,12-13H,2-7,9H2,1H3/t13-/m1/s1. The molecule has 0 bridgehead atoms. The summed E-state index contributed by atoms with van der Waals surface area (Å²) in [4.78, 5) is 19.9. The number of amides is 1. The molecule has 3 heterocycles. The first kappa shape index (κ1) is 14.9. The first-order chi connectivity index (χ1) is 11.2. The highest BCUT2D eigenvalue weighted by atomic mass is 32.1. The van der Waals surface area contributed by atoms with Crippen molar-refractivity contribution in [1.29, 1.82) is 0 Å². The fourth-order valence-electron chi connectivity index (χ4n) is 3.61. The summed E-state index contributed by atoms with van der Waals surface area (Å²) in [5, 5.41) is 6.21. The molecule has 0 spiro atoms. The van der Waals surface area contributed by atoms with E-state index in [1.807, 2.05) is 23.3 Å². The van der Waals surface area contributed by atoms with E-state index in [1.54, 1.807) is 0 Å². The van der Waals surface area contributed by atoms with Gasteiger partial charge in [0.1, 0.15) is 0 Å². The number of rotatable bonds is 3. The molecule has 0 aromatic carbocycles. The molecule has 1 atom stereocenters. The van der Waals surface area contributed by atoms with Crippen molar-refractivity contribution in [2.24, 2.45) is 0 Å². The van der Waals surface area contributed by atoms with Crippen LogP contribution >= 0.6 is 11.3 Å². The maximum Gasteiger partial charge on any atom is 0.263 e. The Hall–Kier alpha value is -1.69. The van der Waals surface area contributed by atoms with Gasteiger partial charge in [-0.05, 0) is 43.2 Å². The van der Waals surface area contributed by atoms with Gasteiger partial charge in [-0.1, -0.05) is 18.0 Å². The monoisotopic (exact) mass is 331 g/mol. The lowest BCUT2D eigenvalue weighted by molar-refractivity contribution is 0.0794. The Morgan fingerprint density at radius 3 is 2.87 bits per heavy atom. The number of thiophene rings is 1. The number of aryl methyl sites for hydroxylation is 1. The van der Waals surface area contributed by atoms with Gasteiger partial charge in [0.05, 0.1) is 10.8 Å². The summed E-state index contributed by atoms with van der Waals surface area (Å²) < 4.78 is 5.50. The molecule has 23 heavy (non-hydrogen) atoms. The Bertz CT molecular complexity index is 702. The van der Waals surface area contributed by atoms with Gasteiger partial charge in [-0.25, -0.2) is 0 Å². The predicted molar refractivity (Wildman–Crippen MR) is 87.8 cm³/mol. The van der Waals surface area contributed by atoms with E-state index in [4.69, 9.17) is 4.52 Å². The number of hydrogen-bond donors (Lipinski definition) is 0. The summed E-state index contributed by atoms with van der Waals surface area (Å²) in [5.74, 6) is 2.37. The van der Waals surface area contributed by atoms with Crippen LogP contribution in [0.2, 0.25) is 0 Å². The quantitative estimate of drug-likeness (QED) is 0.860. The maximum absolute atomic E-state index is 12.5. The molecule has 0 N–H and O–H groups in total. The van der Waals surface area contributed by atoms with Crippen LogP contribution in [0.15, 0.2) is 16.0 Å². The summed E-state index contributed by atoms with van der Waals surface area (Å²) in [6.45, 7) is 3.47. The summed E-state index contributed by atoms with van der Waals surface area (Å²) in [7, 11) is 0. The van der Waals surface area contributed by atoms with Gasteiger partial charge in [0.15, 0.2) is 5.82 Å². The van der Waals surface area contributed by atoms with Gasteiger partial charge in [0, 0.05) is 19.0 Å². The van der Waals surface area contributed by atoms with Gasteiger partial charge in [0.2, 0.25) is 5.89 Å². The molecule has 1 aliphatic heterocycles. The Balaban J connectivity index is 1.43. The lowest BCUT2D eigenvalue weighted by atomic mass is 10.1. The SMILES string of the molecule is Cc1csc(C(=O)N2CC[C@@H](c3nc(C4CCCC4)no3)C2)c1. The second kappa shape index (κ2) is 6.07. The van der Waals surface area contributed by atoms with Crippen LogP contribution in [0.3, 0.4) is 0 Å². The lowest BCUT2D eigenvalue weighted by Crippen LogP contribution is -2.27. The Labute approximate surface area is 139 Å². The zero-order chi connectivity index (χ0) is 15.8. The number of carbonyl (C=O) groups is 1. The first-order valence-electron chi connectivity index (χ1n) is 8.38. The molecule has 1 saturated carbocycles. The average Bonchev–Trinajstić information content (AvgIpc) is 3.30. The van der Waals surface area contributed by atoms with Crippen LogP contribution in [0.4, 0.5) is 0 Å². The van der Waals surface area contributed by atoms with Crippen molar-refractivity contribution in [2.45, 2.75) is 50.9 Å². The predicted octanol–water partition coefficient (Wildman–Crippen LogP) is 3.73. The van der Waals surface area contributed by atoms with Gasteiger partial charge in [0.25, 0.3) is 5.91 Å². The van der Waals surface area contributed by atoms with Gasteiger partial charge in [-0.3, -0.25) is 4.79 Å². The molecule has 6 heteroatoms. The number of likely N-dealkylation sites (tertiary alicyclic amines) is 1. The van der Waals surface area contributed by atoms with E-state index < -0.39 is 0 Å². The van der Waals surface area contributed by atoms with Crippen molar-refractivity contribution in [3.05, 3.63) is 33.6 Å². The molecule has 5 nitrogen and oxygen atoms in total. The first-order valence-corrected chi connectivity index (χ1v) is 9.26. The maximum atomic E-state index is 12.5. The number of aromatic nitrogens is 2. The van der Waals surface area contributed by atoms with Gasteiger partial charge in [-0.15, -0.1) is 11.3 Å². The smallest absolute Gasteiger partial charge is 0.263 e. The second-order valence-electron chi connectivity index (χ2n) is 6.70. The zero-order valence-corrected chi connectivity index (χ0v) is 14.1. The fraction of sp³-hybridized carbons (Fsp3) is 0.588. The van der Waals surface area contributed by atoms with Crippen LogP contribution in [0.25, 0.3) is 0 Å². The lowest BCUT2D eigenvalue weighted by Gasteiger charge is -2.14. The van der Waals surface area contributed by atoms with Crippen LogP contribution in [-0.4, -0.2) is 34.0 Å². The average molecular weight is 331 g/mol. The topological polar surface area (TPSA) is 59.2 Å². The highest BCUT2D eigenvalue weighted by Gasteiger charge is 2.33. The minimum atomic E-state index is 0.126. The zero-order valence-electron chi connectivity index (χ0n) is 13.3. The highest BCUT2D eigenvalue weighted by molar-refractivity contribution is 7.12. The summed E-state index contributed by atoms with van der Waals surface area (Å²) >= 11 is 1.52. The molecule has 2 aromatic rings. The Morgan fingerprint density at radius 2 is 2.13 bits per heavy atom. The van der Waals surface area contributed by atoms with E-state index in [9.17, 15) is 4.79 Å². The van der Waals surface area contributed by atoms with E-state index in [0.717, 1.165) is 29.2 Å². The third-order valence-electron chi connectivity index (χ3n) is 4.94. The third-order valence-corrected chi connectivity index (χ3v) is 5.98. The normalized spacial score (nSPS) is 22.1. The largest absolute Gasteiger partial charge is 0.339 e. The van der Waals surface area contributed by atoms with Crippen molar-refractivity contribution < 1.29 is 9.32 Å². The van der Waals surface area contributed by atoms with Crippen molar-refractivity contribution in [3.8, 4) is 0 Å². The number of nitrogens with zero attached hydrogens (tertiary/aromatic N) is 3. The van der Waals surface area contributed by atoms with Crippen LogP contribution in [0.5, 0.6) is 0 Å². The van der Waals surface area contributed by atoms with E-state index in [1.165, 1.54) is 37.0 Å². The van der Waals surface area contributed by atoms with Crippen LogP contribution in [0, 0.1) is 6.92 Å². The van der Waals surface area contributed by atoms with E-state index >= 15 is 0 Å². The van der Waals surface area contributed by atoms with Crippen molar-refractivity contribution >= 4 is 17.2 Å². The van der Waals surface area contributed by atoms with Gasteiger partial charge >= 0.3 is 0 Å². The van der Waals surface area contributed by atoms with E-state index in [-0.39, 0.29) is 11.8 Å². The molecule has 2 aromatic heterocycles. The summed E-state index contributed by atoms with van der Waals surface area (Å²) in [5.41, 5.74) is 1.15. The molecule has 4 rings (SSSR count). The number of carbonyl (C=O) groups excluding carboxylic acids is 1. The number of hydrogen-bond acceptors (Lipinski definition) is 5. The molecule has 1 saturated heterocycles. The van der Waals surface area contributed by atoms with Gasteiger partial charge in [-0.2, -0.15) is 4.98 Å². The molecule has 2 aliphatic rings. The molecule has 122 valence electrons. The summed E-state index contributed by atoms with van der Waals surface area (Å²) in [6, 6.07) is 1.96. The van der Waals surface area contributed by atoms with Crippen molar-refractivity contribution in [3.63, 3.8) is 0 Å². The fourth-order valence-corrected chi connectivity index (χ4v) is 4.47. The highest BCUT2D eigenvalue weighted by Crippen LogP contribution is 2.34. The molecule has 2 fully saturated rings. The Kier molecular flexibility index (Phi) is 3.93. The molecule has 1 amide bonds. The van der Waals surface area contributed by atoms with E-state index in [0.29, 0.717) is 18.4 Å². The summed E-state index contributed by atoms with van der Waals surface area (Å²) in [6.07, 6.45) is 5.78. The minimum absolute atomic E-state index is 0.126. The van der Waals surface area contributed by atoms with E-state index in [2.05, 4.69) is 10.1 Å². The molecule has 0 unspecified atom stereocenters. The van der Waals surface area contributed by atoms with Gasteiger partial charge < -0.3 is 9.42 Å². The van der Waals surface area contributed by atoms with Crippen molar-refractivity contribution in [1.82, 2.24) is 15.0 Å². The third kappa shape index (κ3) is 2.92. The second-order valence-corrected chi connectivity index (χ2v) is 7.61. The minimum Gasteiger partial charge on any atom is -0.339 e. The van der Waals surface area contributed by atoms with Crippen LogP contribution < -0.4 is 0 Å².